The SMILES string of the molecule is COc1ccccc1OC(=O)COc1ccccc1C(C)(C)C. The van der Waals surface area contributed by atoms with Crippen LogP contribution in [0.3, 0.4) is 0 Å². The van der Waals surface area contributed by atoms with E-state index in [0.29, 0.717) is 17.2 Å². The van der Waals surface area contributed by atoms with Crippen LogP contribution in [0.15, 0.2) is 48.5 Å². The lowest BCUT2D eigenvalue weighted by molar-refractivity contribution is -0.136. The van der Waals surface area contributed by atoms with Crippen molar-refractivity contribution >= 4 is 5.97 Å². The highest BCUT2D eigenvalue weighted by Gasteiger charge is 2.19. The smallest absolute Gasteiger partial charge is 0.349 e. The van der Waals surface area contributed by atoms with Crippen LogP contribution in [0.25, 0.3) is 0 Å². The molecule has 0 N–H and O–H groups in total. The minimum atomic E-state index is -0.474. The van der Waals surface area contributed by atoms with Crippen molar-refractivity contribution in [3.05, 3.63) is 54.1 Å². The second-order valence-electron chi connectivity index (χ2n) is 6.16. The number of ether oxygens (including phenoxy) is 3. The van der Waals surface area contributed by atoms with Crippen LogP contribution in [-0.4, -0.2) is 19.7 Å². The van der Waals surface area contributed by atoms with E-state index in [1.165, 1.54) is 7.11 Å². The monoisotopic (exact) mass is 314 g/mol. The number of esters is 1. The number of methoxy groups -OCH3 is 1. The van der Waals surface area contributed by atoms with Crippen LogP contribution in [-0.2, 0) is 10.2 Å². The number of carbonyl (C=O) groups excluding carboxylic acids is 1. The second kappa shape index (κ2) is 7.18. The van der Waals surface area contributed by atoms with Crippen molar-refractivity contribution < 1.29 is 19.0 Å². The summed E-state index contributed by atoms with van der Waals surface area (Å²) in [5.41, 5.74) is 0.980. The minimum Gasteiger partial charge on any atom is -0.493 e. The van der Waals surface area contributed by atoms with Gasteiger partial charge in [0, 0.05) is 0 Å². The molecule has 4 nitrogen and oxygen atoms in total. The molecule has 122 valence electrons. The zero-order chi connectivity index (χ0) is 16.9. The molecule has 0 aromatic heterocycles. The topological polar surface area (TPSA) is 44.8 Å². The Hall–Kier alpha value is -2.49. The maximum Gasteiger partial charge on any atom is 0.349 e. The molecule has 0 unspecified atom stereocenters. The minimum absolute atomic E-state index is 0.0663. The number of rotatable bonds is 5. The molecule has 2 aromatic rings. The molecule has 0 aliphatic rings. The lowest BCUT2D eigenvalue weighted by Crippen LogP contribution is -2.20. The van der Waals surface area contributed by atoms with Gasteiger partial charge >= 0.3 is 5.97 Å². The van der Waals surface area contributed by atoms with Gasteiger partial charge in [-0.15, -0.1) is 0 Å². The Morgan fingerprint density at radius 1 is 0.913 bits per heavy atom. The van der Waals surface area contributed by atoms with Gasteiger partial charge in [-0.3, -0.25) is 0 Å². The summed E-state index contributed by atoms with van der Waals surface area (Å²) in [5, 5.41) is 0. The van der Waals surface area contributed by atoms with E-state index in [4.69, 9.17) is 14.2 Å². The fourth-order valence-electron chi connectivity index (χ4n) is 2.20. The highest BCUT2D eigenvalue weighted by molar-refractivity contribution is 5.74. The molecule has 4 heteroatoms. The van der Waals surface area contributed by atoms with Gasteiger partial charge in [0.1, 0.15) is 5.75 Å². The van der Waals surface area contributed by atoms with E-state index in [1.54, 1.807) is 18.2 Å². The maximum atomic E-state index is 12.0. The van der Waals surface area contributed by atoms with E-state index in [1.807, 2.05) is 30.3 Å². The van der Waals surface area contributed by atoms with Crippen LogP contribution in [0.5, 0.6) is 17.2 Å². The fraction of sp³-hybridized carbons (Fsp3) is 0.316. The lowest BCUT2D eigenvalue weighted by atomic mass is 9.86. The normalized spacial score (nSPS) is 11.0. The maximum absolute atomic E-state index is 12.0. The van der Waals surface area contributed by atoms with Crippen molar-refractivity contribution in [3.8, 4) is 17.2 Å². The Kier molecular flexibility index (Phi) is 5.27. The first-order chi connectivity index (χ1) is 10.9. The molecule has 0 atom stereocenters. The van der Waals surface area contributed by atoms with Gasteiger partial charge in [0.05, 0.1) is 7.11 Å². The summed E-state index contributed by atoms with van der Waals surface area (Å²) < 4.78 is 16.1. The van der Waals surface area contributed by atoms with Crippen molar-refractivity contribution in [2.45, 2.75) is 26.2 Å². The molecular formula is C19H22O4. The zero-order valence-corrected chi connectivity index (χ0v) is 14.0. The average Bonchev–Trinajstić information content (AvgIpc) is 2.53. The van der Waals surface area contributed by atoms with Crippen LogP contribution < -0.4 is 14.2 Å². The molecule has 23 heavy (non-hydrogen) atoms. The molecule has 2 rings (SSSR count). The summed E-state index contributed by atoms with van der Waals surface area (Å²) in [6.07, 6.45) is 0. The molecule has 0 saturated carbocycles. The summed E-state index contributed by atoms with van der Waals surface area (Å²) in [6.45, 7) is 6.14. The second-order valence-corrected chi connectivity index (χ2v) is 6.16. The van der Waals surface area contributed by atoms with Gasteiger partial charge in [-0.1, -0.05) is 51.1 Å². The van der Waals surface area contributed by atoms with Gasteiger partial charge in [-0.25, -0.2) is 4.79 Å². The molecule has 0 fully saturated rings. The number of hydrogen-bond donors (Lipinski definition) is 0. The van der Waals surface area contributed by atoms with E-state index in [9.17, 15) is 4.79 Å². The highest BCUT2D eigenvalue weighted by Crippen LogP contribution is 2.31. The number of carbonyl (C=O) groups is 1. The predicted octanol–water partition coefficient (Wildman–Crippen LogP) is 3.98. The first kappa shape index (κ1) is 16.9. The number of hydrogen-bond acceptors (Lipinski definition) is 4. The van der Waals surface area contributed by atoms with E-state index in [0.717, 1.165) is 5.56 Å². The highest BCUT2D eigenvalue weighted by atomic mass is 16.6. The van der Waals surface area contributed by atoms with Gasteiger partial charge < -0.3 is 14.2 Å². The average molecular weight is 314 g/mol. The summed E-state index contributed by atoms with van der Waals surface area (Å²) in [7, 11) is 1.53. The molecule has 0 amide bonds. The van der Waals surface area contributed by atoms with Gasteiger partial charge in [0.25, 0.3) is 0 Å². The van der Waals surface area contributed by atoms with Gasteiger partial charge in [0.2, 0.25) is 0 Å². The summed E-state index contributed by atoms with van der Waals surface area (Å²) in [6, 6.07) is 14.7. The van der Waals surface area contributed by atoms with Crippen LogP contribution in [0.2, 0.25) is 0 Å². The molecule has 2 aromatic carbocycles. The Balaban J connectivity index is 2.03. The molecule has 0 bridgehead atoms. The van der Waals surface area contributed by atoms with Crippen molar-refractivity contribution in [2.24, 2.45) is 0 Å². The van der Waals surface area contributed by atoms with Crippen molar-refractivity contribution in [3.63, 3.8) is 0 Å². The third-order valence-electron chi connectivity index (χ3n) is 3.33. The molecule has 0 aliphatic carbocycles. The molecule has 0 heterocycles. The van der Waals surface area contributed by atoms with Crippen molar-refractivity contribution in [1.82, 2.24) is 0 Å². The Labute approximate surface area is 137 Å². The Morgan fingerprint density at radius 3 is 2.09 bits per heavy atom. The first-order valence-electron chi connectivity index (χ1n) is 7.48. The van der Waals surface area contributed by atoms with Crippen molar-refractivity contribution in [2.75, 3.05) is 13.7 Å². The van der Waals surface area contributed by atoms with Crippen LogP contribution in [0.1, 0.15) is 26.3 Å². The molecule has 0 saturated heterocycles. The number of benzene rings is 2. The summed E-state index contributed by atoms with van der Waals surface area (Å²) >= 11 is 0. The molecule has 0 aliphatic heterocycles. The molecule has 0 spiro atoms. The van der Waals surface area contributed by atoms with E-state index >= 15 is 0 Å². The first-order valence-corrected chi connectivity index (χ1v) is 7.48. The third-order valence-corrected chi connectivity index (χ3v) is 3.33. The summed E-state index contributed by atoms with van der Waals surface area (Å²) in [4.78, 5) is 12.0. The number of para-hydroxylation sites is 3. The molecule has 0 radical (unpaired) electrons. The lowest BCUT2D eigenvalue weighted by Gasteiger charge is -2.22. The summed E-state index contributed by atoms with van der Waals surface area (Å²) in [5.74, 6) is 1.11. The van der Waals surface area contributed by atoms with Crippen molar-refractivity contribution in [1.29, 1.82) is 0 Å². The predicted molar refractivity (Wildman–Crippen MR) is 89.3 cm³/mol. The fourth-order valence-corrected chi connectivity index (χ4v) is 2.20. The van der Waals surface area contributed by atoms with E-state index in [2.05, 4.69) is 20.8 Å². The van der Waals surface area contributed by atoms with Gasteiger partial charge in [-0.2, -0.15) is 0 Å². The standard InChI is InChI=1S/C19H22O4/c1-19(2,3)14-9-5-6-10-15(14)22-13-18(20)23-17-12-8-7-11-16(17)21-4/h5-12H,13H2,1-4H3. The van der Waals surface area contributed by atoms with E-state index in [-0.39, 0.29) is 12.0 Å². The van der Waals surface area contributed by atoms with Crippen LogP contribution in [0, 0.1) is 0 Å². The Bertz CT molecular complexity index is 671. The van der Waals surface area contributed by atoms with Gasteiger partial charge in [-0.05, 0) is 29.2 Å². The zero-order valence-electron chi connectivity index (χ0n) is 14.0. The quantitative estimate of drug-likeness (QED) is 0.618. The van der Waals surface area contributed by atoms with Gasteiger partial charge in [0.15, 0.2) is 18.1 Å². The van der Waals surface area contributed by atoms with Crippen LogP contribution >= 0.6 is 0 Å². The van der Waals surface area contributed by atoms with Crippen LogP contribution in [0.4, 0.5) is 0 Å². The third kappa shape index (κ3) is 4.49. The largest absolute Gasteiger partial charge is 0.493 e. The molecular weight excluding hydrogens is 292 g/mol. The Morgan fingerprint density at radius 2 is 1.48 bits per heavy atom. The van der Waals surface area contributed by atoms with E-state index < -0.39 is 5.97 Å².